The molecule has 1 aromatic heterocycles. The predicted octanol–water partition coefficient (Wildman–Crippen LogP) is 5.45. The first-order chi connectivity index (χ1) is 13.7. The van der Waals surface area contributed by atoms with E-state index in [-0.39, 0.29) is 12.4 Å². The zero-order valence-electron chi connectivity index (χ0n) is 17.7. The van der Waals surface area contributed by atoms with E-state index in [4.69, 9.17) is 34.7 Å². The number of rotatable bonds is 4. The van der Waals surface area contributed by atoms with Gasteiger partial charge < -0.3 is 16.6 Å². The summed E-state index contributed by atoms with van der Waals surface area (Å²) in [5.41, 5.74) is 15.3. The van der Waals surface area contributed by atoms with Gasteiger partial charge in [-0.15, -0.1) is 0 Å². The third-order valence-corrected chi connectivity index (χ3v) is 7.21. The minimum absolute atomic E-state index is 0.220. The van der Waals surface area contributed by atoms with Crippen molar-refractivity contribution in [3.8, 4) is 11.3 Å². The first-order valence-electron chi connectivity index (χ1n) is 10.1. The molecule has 2 aromatic rings. The number of hydrogen-bond acceptors (Lipinski definition) is 5. The molecule has 7 heteroatoms. The van der Waals surface area contributed by atoms with Crippen molar-refractivity contribution in [3.05, 3.63) is 39.1 Å². The number of halogens is 2. The van der Waals surface area contributed by atoms with Crippen LogP contribution in [0, 0.1) is 19.3 Å². The van der Waals surface area contributed by atoms with Crippen LogP contribution in [0.5, 0.6) is 0 Å². The molecule has 5 N–H and O–H groups in total. The van der Waals surface area contributed by atoms with Gasteiger partial charge in [0, 0.05) is 11.6 Å². The molecule has 0 radical (unpaired) electrons. The Kier molecular flexibility index (Phi) is 8.29. The molecular weight excluding hydrogens is 407 g/mol. The van der Waals surface area contributed by atoms with Gasteiger partial charge in [-0.25, -0.2) is 9.97 Å². The lowest BCUT2D eigenvalue weighted by Crippen LogP contribution is -2.35. The van der Waals surface area contributed by atoms with E-state index in [1.54, 1.807) is 6.92 Å². The molecule has 3 rings (SSSR count). The van der Waals surface area contributed by atoms with E-state index in [2.05, 4.69) is 23.8 Å². The van der Waals surface area contributed by atoms with Crippen LogP contribution >= 0.6 is 23.2 Å². The highest BCUT2D eigenvalue weighted by Gasteiger charge is 2.37. The minimum atomic E-state index is -0.274. The molecule has 160 valence electrons. The Morgan fingerprint density at radius 1 is 1.14 bits per heavy atom. The topological polar surface area (TPSA) is 98.0 Å². The highest BCUT2D eigenvalue weighted by molar-refractivity contribution is 6.44. The van der Waals surface area contributed by atoms with Crippen LogP contribution in [0.4, 0.5) is 5.82 Å². The third kappa shape index (κ3) is 5.02. The van der Waals surface area contributed by atoms with Gasteiger partial charge in [-0.05, 0) is 50.5 Å². The molecule has 1 aromatic carbocycles. The van der Waals surface area contributed by atoms with Crippen LogP contribution in [0.2, 0.25) is 10.0 Å². The Balaban J connectivity index is 0.000000253. The van der Waals surface area contributed by atoms with Crippen LogP contribution in [-0.2, 0) is 6.61 Å². The molecule has 1 saturated carbocycles. The van der Waals surface area contributed by atoms with E-state index >= 15 is 0 Å². The van der Waals surface area contributed by atoms with E-state index in [0.717, 1.165) is 5.56 Å². The van der Waals surface area contributed by atoms with Gasteiger partial charge in [0.1, 0.15) is 11.5 Å². The molecule has 5 nitrogen and oxygen atoms in total. The quantitative estimate of drug-likeness (QED) is 0.589. The number of aryl methyl sites for hydroxylation is 2. The van der Waals surface area contributed by atoms with Crippen LogP contribution in [-0.4, -0.2) is 21.1 Å². The molecule has 1 aliphatic carbocycles. The molecule has 1 fully saturated rings. The summed E-state index contributed by atoms with van der Waals surface area (Å²) in [5, 5.41) is 10.1. The number of hydrogen-bond donors (Lipinski definition) is 3. The highest BCUT2D eigenvalue weighted by atomic mass is 35.5. The summed E-state index contributed by atoms with van der Waals surface area (Å²) in [5.74, 6) is 0.220. The number of nitrogens with zero attached hydrogens (tertiary/aromatic N) is 2. The lowest BCUT2D eigenvalue weighted by atomic mass is 9.78. The summed E-state index contributed by atoms with van der Waals surface area (Å²) in [4.78, 5) is 8.48. The maximum absolute atomic E-state index is 9.21. The van der Waals surface area contributed by atoms with E-state index in [9.17, 15) is 5.11 Å². The molecule has 0 aliphatic heterocycles. The Morgan fingerprint density at radius 3 is 2.28 bits per heavy atom. The number of aliphatic hydroxyl groups excluding tert-OH is 1. The van der Waals surface area contributed by atoms with Crippen molar-refractivity contribution in [2.24, 2.45) is 11.1 Å². The van der Waals surface area contributed by atoms with Crippen LogP contribution in [0.25, 0.3) is 11.3 Å². The molecule has 1 atom stereocenters. The summed E-state index contributed by atoms with van der Waals surface area (Å²) >= 11 is 12.4. The normalized spacial score (nSPS) is 17.7. The average molecular weight is 439 g/mol. The van der Waals surface area contributed by atoms with E-state index in [0.29, 0.717) is 44.1 Å². The maximum Gasteiger partial charge on any atom is 0.147 e. The van der Waals surface area contributed by atoms with Gasteiger partial charge in [-0.2, -0.15) is 0 Å². The molecule has 1 heterocycles. The molecule has 0 unspecified atom stereocenters. The van der Waals surface area contributed by atoms with Gasteiger partial charge in [0.15, 0.2) is 0 Å². The second-order valence-corrected chi connectivity index (χ2v) is 8.53. The van der Waals surface area contributed by atoms with Crippen LogP contribution < -0.4 is 11.5 Å². The van der Waals surface area contributed by atoms with Gasteiger partial charge >= 0.3 is 0 Å². The van der Waals surface area contributed by atoms with E-state index < -0.39 is 0 Å². The van der Waals surface area contributed by atoms with Crippen LogP contribution in [0.1, 0.15) is 62.9 Å². The van der Waals surface area contributed by atoms with Gasteiger partial charge in [0.05, 0.1) is 28.0 Å². The smallest absolute Gasteiger partial charge is 0.147 e. The standard InChI is InChI=1S/C13H13Cl2N3O.C9H19N/c1-6-3-4-8(11(15)10(6)14)12-7(2)17-13(16)9(5-19)18-12;1-3-9(4-2)7-5-6-8(9)10/h3-4,19H,5H2,1-2H3,(H2,16,17);8H,3-7,10H2,1-2H3/t;8-/m.1/s1. The fraction of sp³-hybridized carbons (Fsp3) is 0.545. The summed E-state index contributed by atoms with van der Waals surface area (Å²) in [6.07, 6.45) is 6.50. The summed E-state index contributed by atoms with van der Waals surface area (Å²) in [6, 6.07) is 4.18. The number of nitrogens with two attached hydrogens (primary N) is 2. The Hall–Kier alpha value is -1.40. The summed E-state index contributed by atoms with van der Waals surface area (Å²) in [6.45, 7) is 7.93. The van der Waals surface area contributed by atoms with Gasteiger partial charge in [-0.1, -0.05) is 55.6 Å². The van der Waals surface area contributed by atoms with Crippen molar-refractivity contribution in [3.63, 3.8) is 0 Å². The lowest BCUT2D eigenvalue weighted by molar-refractivity contribution is 0.237. The van der Waals surface area contributed by atoms with Crippen molar-refractivity contribution in [2.75, 3.05) is 5.73 Å². The molecule has 29 heavy (non-hydrogen) atoms. The SMILES string of the molecule is CCC1(CC)CCC[C@H]1N.Cc1ccc(-c2nc(CO)c(N)nc2C)c(Cl)c1Cl. The Bertz CT molecular complexity index is 853. The number of nitrogen functional groups attached to an aromatic ring is 1. The molecular formula is C22H32Cl2N4O. The Labute approximate surface area is 183 Å². The molecule has 0 bridgehead atoms. The van der Waals surface area contributed by atoms with Gasteiger partial charge in [0.25, 0.3) is 0 Å². The van der Waals surface area contributed by atoms with E-state index in [1.807, 2.05) is 19.1 Å². The number of anilines is 1. The van der Waals surface area contributed by atoms with Gasteiger partial charge in [0.2, 0.25) is 0 Å². The van der Waals surface area contributed by atoms with Crippen molar-refractivity contribution in [1.29, 1.82) is 0 Å². The minimum Gasteiger partial charge on any atom is -0.390 e. The van der Waals surface area contributed by atoms with Crippen molar-refractivity contribution in [2.45, 2.75) is 72.4 Å². The highest BCUT2D eigenvalue weighted by Crippen LogP contribution is 2.42. The summed E-state index contributed by atoms with van der Waals surface area (Å²) in [7, 11) is 0. The number of aliphatic hydroxyl groups is 1. The van der Waals surface area contributed by atoms with Crippen molar-refractivity contribution in [1.82, 2.24) is 9.97 Å². The van der Waals surface area contributed by atoms with Crippen LogP contribution in [0.15, 0.2) is 12.1 Å². The molecule has 1 aliphatic rings. The van der Waals surface area contributed by atoms with E-state index in [1.165, 1.54) is 32.1 Å². The first kappa shape index (κ1) is 23.9. The summed E-state index contributed by atoms with van der Waals surface area (Å²) < 4.78 is 0. The Morgan fingerprint density at radius 2 is 1.79 bits per heavy atom. The van der Waals surface area contributed by atoms with Crippen molar-refractivity contribution < 1.29 is 5.11 Å². The number of benzene rings is 1. The second-order valence-electron chi connectivity index (χ2n) is 7.77. The fourth-order valence-electron chi connectivity index (χ4n) is 4.07. The van der Waals surface area contributed by atoms with Crippen LogP contribution in [0.3, 0.4) is 0 Å². The predicted molar refractivity (Wildman–Crippen MR) is 122 cm³/mol. The number of aromatic nitrogens is 2. The fourth-order valence-corrected chi connectivity index (χ4v) is 4.53. The molecule has 0 saturated heterocycles. The lowest BCUT2D eigenvalue weighted by Gasteiger charge is -2.30. The average Bonchev–Trinajstić information content (AvgIpc) is 3.08. The molecule has 0 spiro atoms. The van der Waals surface area contributed by atoms with Crippen molar-refractivity contribution >= 4 is 29.0 Å². The van der Waals surface area contributed by atoms with Gasteiger partial charge in [-0.3, -0.25) is 0 Å². The maximum atomic E-state index is 9.21. The zero-order valence-corrected chi connectivity index (χ0v) is 19.2. The largest absolute Gasteiger partial charge is 0.390 e. The first-order valence-corrected chi connectivity index (χ1v) is 10.9. The second kappa shape index (κ2) is 10.1. The zero-order chi connectivity index (χ0) is 21.8. The molecule has 0 amide bonds. The third-order valence-electron chi connectivity index (χ3n) is 6.24. The monoisotopic (exact) mass is 438 g/mol.